The molecule has 0 aliphatic heterocycles. The normalized spacial score (nSPS) is 10.0. The third kappa shape index (κ3) is 7.12. The van der Waals surface area contributed by atoms with E-state index < -0.39 is 18.5 Å². The van der Waals surface area contributed by atoms with Crippen LogP contribution in [0.1, 0.15) is 9.67 Å². The molecule has 2 rings (SSSR count). The maximum atomic E-state index is 11.6. The molecule has 0 saturated carbocycles. The molecule has 0 spiro atoms. The third-order valence-corrected chi connectivity index (χ3v) is 4.13. The van der Waals surface area contributed by atoms with E-state index in [1.165, 1.54) is 11.3 Å². The van der Waals surface area contributed by atoms with Crippen LogP contribution in [0, 0.1) is 0 Å². The molecule has 138 valence electrons. The van der Waals surface area contributed by atoms with Crippen molar-refractivity contribution in [1.82, 2.24) is 10.6 Å². The maximum absolute atomic E-state index is 11.6. The van der Waals surface area contributed by atoms with Gasteiger partial charge in [-0.2, -0.15) is 0 Å². The van der Waals surface area contributed by atoms with Gasteiger partial charge in [-0.05, 0) is 35.7 Å². The average molecular weight is 397 g/mol. The van der Waals surface area contributed by atoms with E-state index >= 15 is 0 Å². The number of hydrogen-bond donors (Lipinski definition) is 2. The molecule has 0 bridgehead atoms. The Labute approximate surface area is 159 Å². The summed E-state index contributed by atoms with van der Waals surface area (Å²) in [5, 5.41) is 7.34. The average Bonchev–Trinajstić information content (AvgIpc) is 3.18. The molecular formula is C17H17ClN2O5S. The molecule has 9 heteroatoms. The van der Waals surface area contributed by atoms with Gasteiger partial charge in [0.15, 0.2) is 6.61 Å². The zero-order valence-electron chi connectivity index (χ0n) is 13.7. The lowest BCUT2D eigenvalue weighted by Gasteiger charge is -2.08. The zero-order valence-corrected chi connectivity index (χ0v) is 15.3. The summed E-state index contributed by atoms with van der Waals surface area (Å²) in [5.74, 6) is -0.873. The first-order valence-electron chi connectivity index (χ1n) is 7.67. The lowest BCUT2D eigenvalue weighted by Crippen LogP contribution is -2.35. The van der Waals surface area contributed by atoms with E-state index in [4.69, 9.17) is 21.1 Å². The van der Waals surface area contributed by atoms with Gasteiger partial charge < -0.3 is 20.1 Å². The molecule has 0 aliphatic carbocycles. The van der Waals surface area contributed by atoms with E-state index in [0.29, 0.717) is 15.6 Å². The molecule has 0 fully saturated rings. The first-order chi connectivity index (χ1) is 12.5. The number of ether oxygens (including phenoxy) is 2. The van der Waals surface area contributed by atoms with Crippen LogP contribution in [0.4, 0.5) is 0 Å². The van der Waals surface area contributed by atoms with Crippen LogP contribution in [0.5, 0.6) is 5.75 Å². The third-order valence-electron chi connectivity index (χ3n) is 3.01. The highest BCUT2D eigenvalue weighted by atomic mass is 35.5. The summed E-state index contributed by atoms with van der Waals surface area (Å²) >= 11 is 7.03. The minimum absolute atomic E-state index is 0.258. The van der Waals surface area contributed by atoms with E-state index in [-0.39, 0.29) is 25.6 Å². The van der Waals surface area contributed by atoms with Crippen LogP contribution in [-0.4, -0.2) is 44.1 Å². The summed E-state index contributed by atoms with van der Waals surface area (Å²) in [6.45, 7) is -0.204. The number of amides is 2. The molecule has 0 radical (unpaired) electrons. The molecule has 2 N–H and O–H groups in total. The summed E-state index contributed by atoms with van der Waals surface area (Å²) in [7, 11) is 0. The Morgan fingerprint density at radius 2 is 1.85 bits per heavy atom. The predicted octanol–water partition coefficient (Wildman–Crippen LogP) is 1.87. The molecule has 0 saturated heterocycles. The minimum atomic E-state index is -0.692. The number of halogens is 1. The van der Waals surface area contributed by atoms with E-state index in [0.717, 1.165) is 0 Å². The number of rotatable bonds is 9. The van der Waals surface area contributed by atoms with Gasteiger partial charge in [-0.25, -0.2) is 0 Å². The fraction of sp³-hybridized carbons (Fsp3) is 0.235. The molecule has 26 heavy (non-hydrogen) atoms. The molecule has 2 aromatic rings. The van der Waals surface area contributed by atoms with Gasteiger partial charge in [-0.1, -0.05) is 17.7 Å². The summed E-state index contributed by atoms with van der Waals surface area (Å²) in [4.78, 5) is 35.2. The van der Waals surface area contributed by atoms with Crippen LogP contribution in [0.3, 0.4) is 0 Å². The van der Waals surface area contributed by atoms with Gasteiger partial charge in [-0.3, -0.25) is 14.4 Å². The fourth-order valence-corrected chi connectivity index (χ4v) is 2.55. The highest BCUT2D eigenvalue weighted by molar-refractivity contribution is 7.12. The summed E-state index contributed by atoms with van der Waals surface area (Å²) in [6, 6.07) is 10.2. The van der Waals surface area contributed by atoms with Crippen LogP contribution >= 0.6 is 22.9 Å². The first kappa shape index (κ1) is 19.7. The van der Waals surface area contributed by atoms with E-state index in [9.17, 15) is 14.4 Å². The predicted molar refractivity (Wildman–Crippen MR) is 97.6 cm³/mol. The standard InChI is InChI=1S/C17H17ClN2O5S/c18-12-3-5-13(6-4-12)24-8-7-19-15(21)11-25-16(22)10-20-17(23)14-2-1-9-26-14/h1-6,9H,7-8,10-11H2,(H,19,21)(H,20,23). The number of esters is 1. The largest absolute Gasteiger partial charge is 0.492 e. The Bertz CT molecular complexity index is 734. The van der Waals surface area contributed by atoms with Gasteiger partial charge in [0, 0.05) is 5.02 Å². The van der Waals surface area contributed by atoms with Crippen molar-refractivity contribution in [1.29, 1.82) is 0 Å². The topological polar surface area (TPSA) is 93.7 Å². The first-order valence-corrected chi connectivity index (χ1v) is 8.93. The van der Waals surface area contributed by atoms with Crippen LogP contribution < -0.4 is 15.4 Å². The summed E-state index contributed by atoms with van der Waals surface area (Å²) in [5.41, 5.74) is 0. The molecular weight excluding hydrogens is 380 g/mol. The van der Waals surface area contributed by atoms with Crippen molar-refractivity contribution in [3.63, 3.8) is 0 Å². The Morgan fingerprint density at radius 3 is 2.54 bits per heavy atom. The lowest BCUT2D eigenvalue weighted by atomic mass is 10.3. The van der Waals surface area contributed by atoms with E-state index in [1.54, 1.807) is 41.8 Å². The van der Waals surface area contributed by atoms with Crippen molar-refractivity contribution in [3.05, 3.63) is 51.7 Å². The highest BCUT2D eigenvalue weighted by Crippen LogP contribution is 2.15. The number of carbonyl (C=O) groups excluding carboxylic acids is 3. The number of nitrogens with one attached hydrogen (secondary N) is 2. The summed E-state index contributed by atoms with van der Waals surface area (Å²) < 4.78 is 10.2. The quantitative estimate of drug-likeness (QED) is 0.498. The monoisotopic (exact) mass is 396 g/mol. The van der Waals surface area contributed by atoms with Crippen molar-refractivity contribution in [2.45, 2.75) is 0 Å². The fourth-order valence-electron chi connectivity index (χ4n) is 1.79. The Hall–Kier alpha value is -2.58. The second-order valence-corrected chi connectivity index (χ2v) is 6.36. The lowest BCUT2D eigenvalue weighted by molar-refractivity contribution is -0.147. The highest BCUT2D eigenvalue weighted by Gasteiger charge is 2.11. The van der Waals surface area contributed by atoms with Gasteiger partial charge >= 0.3 is 5.97 Å². The molecule has 0 aliphatic rings. The van der Waals surface area contributed by atoms with Crippen LogP contribution in [-0.2, 0) is 14.3 Å². The van der Waals surface area contributed by atoms with Crippen LogP contribution in [0.15, 0.2) is 41.8 Å². The summed E-state index contributed by atoms with van der Waals surface area (Å²) in [6.07, 6.45) is 0. The molecule has 1 heterocycles. The van der Waals surface area contributed by atoms with Crippen molar-refractivity contribution >= 4 is 40.7 Å². The van der Waals surface area contributed by atoms with Crippen LogP contribution in [0.25, 0.3) is 0 Å². The zero-order chi connectivity index (χ0) is 18.8. The Balaban J connectivity index is 1.54. The van der Waals surface area contributed by atoms with Gasteiger partial charge in [-0.15, -0.1) is 11.3 Å². The molecule has 1 aromatic heterocycles. The van der Waals surface area contributed by atoms with Crippen molar-refractivity contribution in [2.24, 2.45) is 0 Å². The van der Waals surface area contributed by atoms with Gasteiger partial charge in [0.05, 0.1) is 11.4 Å². The maximum Gasteiger partial charge on any atom is 0.325 e. The smallest absolute Gasteiger partial charge is 0.325 e. The van der Waals surface area contributed by atoms with Gasteiger partial charge in [0.1, 0.15) is 18.9 Å². The van der Waals surface area contributed by atoms with Crippen molar-refractivity contribution in [3.8, 4) is 5.75 Å². The van der Waals surface area contributed by atoms with Gasteiger partial charge in [0.25, 0.3) is 11.8 Å². The number of thiophene rings is 1. The Kier molecular flexibility index (Phi) is 7.91. The van der Waals surface area contributed by atoms with E-state index in [1.807, 2.05) is 0 Å². The van der Waals surface area contributed by atoms with Crippen molar-refractivity contribution in [2.75, 3.05) is 26.3 Å². The number of hydrogen-bond acceptors (Lipinski definition) is 6. The SMILES string of the molecule is O=C(COC(=O)CNC(=O)c1cccs1)NCCOc1ccc(Cl)cc1. The molecule has 2 amide bonds. The minimum Gasteiger partial charge on any atom is -0.492 e. The Morgan fingerprint density at radius 1 is 1.08 bits per heavy atom. The second kappa shape index (κ2) is 10.4. The van der Waals surface area contributed by atoms with Crippen LogP contribution in [0.2, 0.25) is 5.02 Å². The number of benzene rings is 1. The van der Waals surface area contributed by atoms with E-state index in [2.05, 4.69) is 10.6 Å². The van der Waals surface area contributed by atoms with Gasteiger partial charge in [0.2, 0.25) is 0 Å². The second-order valence-electron chi connectivity index (χ2n) is 4.97. The molecule has 1 aromatic carbocycles. The molecule has 7 nitrogen and oxygen atoms in total. The molecule has 0 unspecified atom stereocenters. The number of carbonyl (C=O) groups is 3. The van der Waals surface area contributed by atoms with Crippen molar-refractivity contribution < 1.29 is 23.9 Å². The molecule has 0 atom stereocenters.